The topological polar surface area (TPSA) is 78.4 Å². The Bertz CT molecular complexity index is 466. The van der Waals surface area contributed by atoms with Crippen LogP contribution in [0.25, 0.3) is 0 Å². The van der Waals surface area contributed by atoms with Gasteiger partial charge in [-0.3, -0.25) is 0 Å². The highest BCUT2D eigenvalue weighted by Gasteiger charge is 2.14. The summed E-state index contributed by atoms with van der Waals surface area (Å²) in [6, 6.07) is 1.94. The maximum Gasteiger partial charge on any atom is 0.335 e. The van der Waals surface area contributed by atoms with Gasteiger partial charge in [0.05, 0.1) is 21.3 Å². The standard InChI is InChI=1S/C11H12Cl2N2O3/c1-5(2)14-11(18)15-9-7(12)3-6(10(16)17)4-8(9)13/h3-5H,1-2H3,(H,16,17)(H2,14,15,18). The van der Waals surface area contributed by atoms with E-state index in [1.165, 1.54) is 12.1 Å². The predicted octanol–water partition coefficient (Wildman–Crippen LogP) is 3.22. The van der Waals surface area contributed by atoms with E-state index in [2.05, 4.69) is 10.6 Å². The third-order valence-electron chi connectivity index (χ3n) is 1.95. The summed E-state index contributed by atoms with van der Waals surface area (Å²) < 4.78 is 0. The Morgan fingerprint density at radius 2 is 1.72 bits per heavy atom. The SMILES string of the molecule is CC(C)NC(=O)Nc1c(Cl)cc(C(=O)O)cc1Cl. The number of hydrogen-bond donors (Lipinski definition) is 3. The lowest BCUT2D eigenvalue weighted by molar-refractivity contribution is 0.0697. The molecule has 0 bridgehead atoms. The average molecular weight is 291 g/mol. The molecular formula is C11H12Cl2N2O3. The van der Waals surface area contributed by atoms with Crippen molar-refractivity contribution >= 4 is 40.9 Å². The number of benzene rings is 1. The van der Waals surface area contributed by atoms with Crippen molar-refractivity contribution < 1.29 is 14.7 Å². The van der Waals surface area contributed by atoms with E-state index >= 15 is 0 Å². The summed E-state index contributed by atoms with van der Waals surface area (Å²) >= 11 is 11.7. The smallest absolute Gasteiger partial charge is 0.335 e. The van der Waals surface area contributed by atoms with Crippen molar-refractivity contribution in [1.29, 1.82) is 0 Å². The lowest BCUT2D eigenvalue weighted by Crippen LogP contribution is -2.34. The second-order valence-electron chi connectivity index (χ2n) is 3.87. The van der Waals surface area contributed by atoms with Crippen LogP contribution < -0.4 is 10.6 Å². The average Bonchev–Trinajstić information content (AvgIpc) is 2.21. The van der Waals surface area contributed by atoms with E-state index in [4.69, 9.17) is 28.3 Å². The molecule has 98 valence electrons. The van der Waals surface area contributed by atoms with E-state index in [1.54, 1.807) is 13.8 Å². The Morgan fingerprint density at radius 3 is 2.11 bits per heavy atom. The fourth-order valence-electron chi connectivity index (χ4n) is 1.23. The summed E-state index contributed by atoms with van der Waals surface area (Å²) in [5.74, 6) is -1.14. The van der Waals surface area contributed by atoms with Gasteiger partial charge in [-0.25, -0.2) is 9.59 Å². The van der Waals surface area contributed by atoms with Gasteiger partial charge in [-0.2, -0.15) is 0 Å². The fourth-order valence-corrected chi connectivity index (χ4v) is 1.81. The minimum atomic E-state index is -1.14. The first-order valence-electron chi connectivity index (χ1n) is 5.11. The summed E-state index contributed by atoms with van der Waals surface area (Å²) in [7, 11) is 0. The number of carbonyl (C=O) groups excluding carboxylic acids is 1. The molecule has 1 aromatic carbocycles. The number of carboxylic acid groups (broad SMARTS) is 1. The molecule has 2 amide bonds. The summed E-state index contributed by atoms with van der Waals surface area (Å²) in [5, 5.41) is 14.0. The molecule has 0 fully saturated rings. The Labute approximate surface area is 114 Å². The molecule has 7 heteroatoms. The number of carbonyl (C=O) groups is 2. The van der Waals surface area contributed by atoms with E-state index in [9.17, 15) is 9.59 Å². The molecular weight excluding hydrogens is 279 g/mol. The molecule has 1 aromatic rings. The summed E-state index contributed by atoms with van der Waals surface area (Å²) in [5.41, 5.74) is 0.140. The van der Waals surface area contributed by atoms with Crippen molar-refractivity contribution in [3.63, 3.8) is 0 Å². The number of anilines is 1. The Morgan fingerprint density at radius 1 is 1.22 bits per heavy atom. The number of urea groups is 1. The number of carboxylic acids is 1. The van der Waals surface area contributed by atoms with Gasteiger partial charge in [0.2, 0.25) is 0 Å². The van der Waals surface area contributed by atoms with E-state index < -0.39 is 12.0 Å². The summed E-state index contributed by atoms with van der Waals surface area (Å²) in [6.07, 6.45) is 0. The molecule has 0 saturated carbocycles. The van der Waals surface area contributed by atoms with Crippen molar-refractivity contribution in [1.82, 2.24) is 5.32 Å². The largest absolute Gasteiger partial charge is 0.478 e. The quantitative estimate of drug-likeness (QED) is 0.800. The molecule has 18 heavy (non-hydrogen) atoms. The van der Waals surface area contributed by atoms with Crippen molar-refractivity contribution in [2.75, 3.05) is 5.32 Å². The van der Waals surface area contributed by atoms with Crippen LogP contribution in [0.3, 0.4) is 0 Å². The van der Waals surface area contributed by atoms with E-state index in [-0.39, 0.29) is 27.3 Å². The molecule has 0 saturated heterocycles. The maximum atomic E-state index is 11.5. The van der Waals surface area contributed by atoms with E-state index in [1.807, 2.05) is 0 Å². The van der Waals surface area contributed by atoms with Crippen LogP contribution in [0, 0.1) is 0 Å². The zero-order valence-corrected chi connectivity index (χ0v) is 11.3. The van der Waals surface area contributed by atoms with Crippen LogP contribution in [0.5, 0.6) is 0 Å². The first-order valence-corrected chi connectivity index (χ1v) is 5.86. The first-order chi connectivity index (χ1) is 8.31. The maximum absolute atomic E-state index is 11.5. The van der Waals surface area contributed by atoms with Gasteiger partial charge in [0.1, 0.15) is 0 Å². The highest BCUT2D eigenvalue weighted by molar-refractivity contribution is 6.40. The lowest BCUT2D eigenvalue weighted by atomic mass is 10.2. The summed E-state index contributed by atoms with van der Waals surface area (Å²) in [6.45, 7) is 3.60. The molecule has 0 heterocycles. The van der Waals surface area contributed by atoms with Crippen molar-refractivity contribution in [2.24, 2.45) is 0 Å². The summed E-state index contributed by atoms with van der Waals surface area (Å²) in [4.78, 5) is 22.3. The van der Waals surface area contributed by atoms with Gasteiger partial charge in [-0.15, -0.1) is 0 Å². The van der Waals surface area contributed by atoms with Crippen molar-refractivity contribution in [3.05, 3.63) is 27.7 Å². The molecule has 0 aliphatic heterocycles. The highest BCUT2D eigenvalue weighted by atomic mass is 35.5. The van der Waals surface area contributed by atoms with E-state index in [0.29, 0.717) is 0 Å². The van der Waals surface area contributed by atoms with Crippen molar-refractivity contribution in [2.45, 2.75) is 19.9 Å². The second-order valence-corrected chi connectivity index (χ2v) is 4.69. The molecule has 0 aliphatic carbocycles. The minimum Gasteiger partial charge on any atom is -0.478 e. The third-order valence-corrected chi connectivity index (χ3v) is 2.54. The lowest BCUT2D eigenvalue weighted by Gasteiger charge is -2.13. The first kappa shape index (κ1) is 14.6. The van der Waals surface area contributed by atoms with E-state index in [0.717, 1.165) is 0 Å². The van der Waals surface area contributed by atoms with Crippen molar-refractivity contribution in [3.8, 4) is 0 Å². The molecule has 0 aliphatic rings. The Hall–Kier alpha value is -1.46. The van der Waals surface area contributed by atoms with Gasteiger partial charge >= 0.3 is 12.0 Å². The molecule has 0 radical (unpaired) electrons. The molecule has 5 nitrogen and oxygen atoms in total. The molecule has 0 spiro atoms. The normalized spacial score (nSPS) is 10.3. The zero-order chi connectivity index (χ0) is 13.9. The van der Waals surface area contributed by atoms with Gasteiger partial charge in [0.25, 0.3) is 0 Å². The zero-order valence-electron chi connectivity index (χ0n) is 9.75. The Balaban J connectivity index is 2.97. The number of amides is 2. The molecule has 0 atom stereocenters. The molecule has 1 rings (SSSR count). The minimum absolute atomic E-state index is 0.0409. The number of nitrogens with one attached hydrogen (secondary N) is 2. The number of rotatable bonds is 3. The van der Waals surface area contributed by atoms with Crippen LogP contribution in [0.4, 0.5) is 10.5 Å². The third kappa shape index (κ3) is 3.78. The van der Waals surface area contributed by atoms with Crippen LogP contribution in [0.1, 0.15) is 24.2 Å². The van der Waals surface area contributed by atoms with Crippen LogP contribution >= 0.6 is 23.2 Å². The van der Waals surface area contributed by atoms with Gasteiger partial charge in [-0.05, 0) is 26.0 Å². The fraction of sp³-hybridized carbons (Fsp3) is 0.273. The second kappa shape index (κ2) is 5.93. The molecule has 0 aromatic heterocycles. The number of halogens is 2. The van der Waals surface area contributed by atoms with Crippen LogP contribution in [0.2, 0.25) is 10.0 Å². The predicted molar refractivity (Wildman–Crippen MR) is 70.7 cm³/mol. The molecule has 3 N–H and O–H groups in total. The number of aromatic carboxylic acids is 1. The Kier molecular flexibility index (Phi) is 4.81. The van der Waals surface area contributed by atoms with Gasteiger partial charge in [-0.1, -0.05) is 23.2 Å². The van der Waals surface area contributed by atoms with Crippen LogP contribution in [0.15, 0.2) is 12.1 Å². The van der Waals surface area contributed by atoms with Gasteiger partial charge in [0.15, 0.2) is 0 Å². The molecule has 0 unspecified atom stereocenters. The number of hydrogen-bond acceptors (Lipinski definition) is 2. The van der Waals surface area contributed by atoms with Gasteiger partial charge < -0.3 is 15.7 Å². The highest BCUT2D eigenvalue weighted by Crippen LogP contribution is 2.31. The monoisotopic (exact) mass is 290 g/mol. The van der Waals surface area contributed by atoms with Gasteiger partial charge in [0, 0.05) is 6.04 Å². The van der Waals surface area contributed by atoms with Crippen LogP contribution in [-0.4, -0.2) is 23.1 Å². The van der Waals surface area contributed by atoms with Crippen LogP contribution in [-0.2, 0) is 0 Å².